The van der Waals surface area contributed by atoms with Crippen LogP contribution in [0, 0.1) is 6.92 Å². The van der Waals surface area contributed by atoms with Crippen molar-refractivity contribution in [3.05, 3.63) is 59.4 Å². The first-order valence-corrected chi connectivity index (χ1v) is 9.47. The average Bonchev–Trinajstić information content (AvgIpc) is 3.10. The molecule has 0 bridgehead atoms. The van der Waals surface area contributed by atoms with Crippen LogP contribution in [0.4, 0.5) is 0 Å². The largest absolute Gasteiger partial charge is 0.339 e. The van der Waals surface area contributed by atoms with Gasteiger partial charge in [0, 0.05) is 37.6 Å². The first-order valence-electron chi connectivity index (χ1n) is 8.65. The van der Waals surface area contributed by atoms with E-state index in [1.807, 2.05) is 24.0 Å². The molecule has 1 amide bonds. The van der Waals surface area contributed by atoms with Crippen LogP contribution in [0.2, 0.25) is 0 Å². The smallest absolute Gasteiger partial charge is 0.255 e. The standard InChI is InChI=1S/C19H19N5OS/c1-13-17(16-4-8-21-12-22-16)26-18(23-13)14-5-9-24(10-6-14)19(25)15-3-2-7-20-11-15/h2-4,7-8,11-12,14H,5-6,9-10H2,1H3. The minimum Gasteiger partial charge on any atom is -0.339 e. The quantitative estimate of drug-likeness (QED) is 0.712. The number of piperidine rings is 1. The molecule has 0 unspecified atom stereocenters. The van der Waals surface area contributed by atoms with E-state index in [0.29, 0.717) is 11.5 Å². The molecule has 0 N–H and O–H groups in total. The lowest BCUT2D eigenvalue weighted by molar-refractivity contribution is 0.0712. The molecule has 0 aliphatic carbocycles. The first kappa shape index (κ1) is 16.8. The van der Waals surface area contributed by atoms with Gasteiger partial charge in [-0.05, 0) is 38.0 Å². The highest BCUT2D eigenvalue weighted by Gasteiger charge is 2.27. The summed E-state index contributed by atoms with van der Waals surface area (Å²) in [7, 11) is 0. The van der Waals surface area contributed by atoms with Crippen molar-refractivity contribution in [1.29, 1.82) is 0 Å². The number of nitrogens with zero attached hydrogens (tertiary/aromatic N) is 5. The van der Waals surface area contributed by atoms with Crippen molar-refractivity contribution in [2.45, 2.75) is 25.7 Å². The van der Waals surface area contributed by atoms with Crippen molar-refractivity contribution in [3.8, 4) is 10.6 Å². The van der Waals surface area contributed by atoms with Crippen LogP contribution in [0.25, 0.3) is 10.6 Å². The Bertz CT molecular complexity index is 889. The molecule has 4 rings (SSSR count). The predicted octanol–water partition coefficient (Wildman–Crippen LogP) is 3.32. The molecule has 1 aliphatic heterocycles. The second-order valence-electron chi connectivity index (χ2n) is 6.37. The molecule has 0 aromatic carbocycles. The summed E-state index contributed by atoms with van der Waals surface area (Å²) >= 11 is 1.71. The van der Waals surface area contributed by atoms with E-state index in [4.69, 9.17) is 4.98 Å². The maximum absolute atomic E-state index is 12.5. The maximum Gasteiger partial charge on any atom is 0.255 e. The third kappa shape index (κ3) is 3.35. The summed E-state index contributed by atoms with van der Waals surface area (Å²) in [5.41, 5.74) is 2.59. The van der Waals surface area contributed by atoms with E-state index in [1.165, 1.54) is 0 Å². The van der Waals surface area contributed by atoms with E-state index in [0.717, 1.165) is 47.2 Å². The van der Waals surface area contributed by atoms with E-state index in [1.54, 1.807) is 42.3 Å². The lowest BCUT2D eigenvalue weighted by atomic mass is 9.97. The third-order valence-electron chi connectivity index (χ3n) is 4.67. The fourth-order valence-electron chi connectivity index (χ4n) is 3.26. The van der Waals surface area contributed by atoms with E-state index >= 15 is 0 Å². The van der Waals surface area contributed by atoms with Crippen molar-refractivity contribution in [2.24, 2.45) is 0 Å². The molecular formula is C19H19N5OS. The topological polar surface area (TPSA) is 71.9 Å². The van der Waals surface area contributed by atoms with Crippen LogP contribution in [0.5, 0.6) is 0 Å². The molecule has 0 spiro atoms. The lowest BCUT2D eigenvalue weighted by Crippen LogP contribution is -2.37. The Balaban J connectivity index is 1.45. The summed E-state index contributed by atoms with van der Waals surface area (Å²) in [6, 6.07) is 5.53. The number of thiazole rings is 1. The van der Waals surface area contributed by atoms with Crippen molar-refractivity contribution in [2.75, 3.05) is 13.1 Å². The number of rotatable bonds is 3. The molecule has 4 heterocycles. The second kappa shape index (κ2) is 7.29. The third-order valence-corrected chi connectivity index (χ3v) is 6.01. The van der Waals surface area contributed by atoms with Gasteiger partial charge in [-0.3, -0.25) is 9.78 Å². The number of carbonyl (C=O) groups is 1. The molecule has 0 radical (unpaired) electrons. The van der Waals surface area contributed by atoms with Crippen LogP contribution in [0.1, 0.15) is 39.8 Å². The van der Waals surface area contributed by atoms with Gasteiger partial charge < -0.3 is 4.90 Å². The Kier molecular flexibility index (Phi) is 4.71. The predicted molar refractivity (Wildman–Crippen MR) is 100.0 cm³/mol. The lowest BCUT2D eigenvalue weighted by Gasteiger charge is -2.31. The molecule has 132 valence electrons. The Morgan fingerprint density at radius 1 is 1.19 bits per heavy atom. The molecule has 3 aromatic rings. The SMILES string of the molecule is Cc1nc(C2CCN(C(=O)c3cccnc3)CC2)sc1-c1ccncn1. The Hall–Kier alpha value is -2.67. The second-order valence-corrected chi connectivity index (χ2v) is 7.40. The van der Waals surface area contributed by atoms with Gasteiger partial charge in [-0.15, -0.1) is 11.3 Å². The van der Waals surface area contributed by atoms with Gasteiger partial charge in [0.25, 0.3) is 5.91 Å². The monoisotopic (exact) mass is 365 g/mol. The highest BCUT2D eigenvalue weighted by atomic mass is 32.1. The van der Waals surface area contributed by atoms with Crippen molar-refractivity contribution >= 4 is 17.2 Å². The minimum absolute atomic E-state index is 0.0635. The van der Waals surface area contributed by atoms with Crippen molar-refractivity contribution in [1.82, 2.24) is 24.8 Å². The van der Waals surface area contributed by atoms with E-state index in [2.05, 4.69) is 15.0 Å². The van der Waals surface area contributed by atoms with Gasteiger partial charge in [0.2, 0.25) is 0 Å². The Labute approximate surface area is 156 Å². The van der Waals surface area contributed by atoms with Crippen molar-refractivity contribution in [3.63, 3.8) is 0 Å². The number of aryl methyl sites for hydroxylation is 1. The van der Waals surface area contributed by atoms with Gasteiger partial charge in [0.05, 0.1) is 26.8 Å². The maximum atomic E-state index is 12.5. The molecule has 0 saturated carbocycles. The highest BCUT2D eigenvalue weighted by molar-refractivity contribution is 7.15. The summed E-state index contributed by atoms with van der Waals surface area (Å²) < 4.78 is 0. The zero-order valence-electron chi connectivity index (χ0n) is 14.5. The molecule has 1 fully saturated rings. The number of aromatic nitrogens is 4. The van der Waals surface area contributed by atoms with E-state index < -0.39 is 0 Å². The normalized spacial score (nSPS) is 15.2. The van der Waals surface area contributed by atoms with E-state index in [-0.39, 0.29) is 5.91 Å². The summed E-state index contributed by atoms with van der Waals surface area (Å²) in [5, 5.41) is 1.14. The molecular weight excluding hydrogens is 346 g/mol. The average molecular weight is 365 g/mol. The van der Waals surface area contributed by atoms with Crippen molar-refractivity contribution < 1.29 is 4.79 Å². The van der Waals surface area contributed by atoms with E-state index in [9.17, 15) is 4.79 Å². The van der Waals surface area contributed by atoms with Gasteiger partial charge >= 0.3 is 0 Å². The summed E-state index contributed by atoms with van der Waals surface area (Å²) in [6.07, 6.45) is 8.50. The molecule has 26 heavy (non-hydrogen) atoms. The number of pyridine rings is 1. The molecule has 6 nitrogen and oxygen atoms in total. The van der Waals surface area contributed by atoms with Gasteiger partial charge in [0.15, 0.2) is 0 Å². The van der Waals surface area contributed by atoms with Gasteiger partial charge in [-0.1, -0.05) is 0 Å². The first-order chi connectivity index (χ1) is 12.7. The van der Waals surface area contributed by atoms with Gasteiger partial charge in [-0.2, -0.15) is 0 Å². The molecule has 3 aromatic heterocycles. The zero-order chi connectivity index (χ0) is 17.9. The summed E-state index contributed by atoms with van der Waals surface area (Å²) in [4.78, 5) is 32.7. The summed E-state index contributed by atoms with van der Waals surface area (Å²) in [6.45, 7) is 3.53. The van der Waals surface area contributed by atoms with Crippen LogP contribution in [-0.2, 0) is 0 Å². The fraction of sp³-hybridized carbons (Fsp3) is 0.316. The fourth-order valence-corrected chi connectivity index (χ4v) is 4.47. The van der Waals surface area contributed by atoms with Crippen LogP contribution in [0.3, 0.4) is 0 Å². The zero-order valence-corrected chi connectivity index (χ0v) is 15.3. The minimum atomic E-state index is 0.0635. The van der Waals surface area contributed by atoms with Crippen LogP contribution < -0.4 is 0 Å². The number of carbonyl (C=O) groups excluding carboxylic acids is 1. The van der Waals surface area contributed by atoms with Crippen LogP contribution in [0.15, 0.2) is 43.1 Å². The van der Waals surface area contributed by atoms with Gasteiger partial charge in [0.1, 0.15) is 6.33 Å². The van der Waals surface area contributed by atoms with Gasteiger partial charge in [-0.25, -0.2) is 15.0 Å². The number of hydrogen-bond donors (Lipinski definition) is 0. The highest BCUT2D eigenvalue weighted by Crippen LogP contribution is 2.36. The number of amides is 1. The summed E-state index contributed by atoms with van der Waals surface area (Å²) in [5.74, 6) is 0.459. The Morgan fingerprint density at radius 3 is 2.73 bits per heavy atom. The molecule has 0 atom stereocenters. The Morgan fingerprint density at radius 2 is 2.04 bits per heavy atom. The number of hydrogen-bond acceptors (Lipinski definition) is 6. The molecule has 7 heteroatoms. The molecule has 1 saturated heterocycles. The number of likely N-dealkylation sites (tertiary alicyclic amines) is 1. The molecule has 1 aliphatic rings. The van der Waals surface area contributed by atoms with Crippen LogP contribution in [-0.4, -0.2) is 43.8 Å². The van der Waals surface area contributed by atoms with Crippen LogP contribution >= 0.6 is 11.3 Å².